The number of primary amides is 1. The van der Waals surface area contributed by atoms with E-state index in [1.807, 2.05) is 31.2 Å². The van der Waals surface area contributed by atoms with Gasteiger partial charge in [-0.3, -0.25) is 9.59 Å². The van der Waals surface area contributed by atoms with Gasteiger partial charge in [0.25, 0.3) is 0 Å². The molecule has 5 heteroatoms. The van der Waals surface area contributed by atoms with Crippen LogP contribution in [0.15, 0.2) is 24.3 Å². The summed E-state index contributed by atoms with van der Waals surface area (Å²) in [5.41, 5.74) is 7.25. The lowest BCUT2D eigenvalue weighted by molar-refractivity contribution is -0.123. The molecular weight excluding hydrogens is 266 g/mol. The number of nitrogens with two attached hydrogens (primary N) is 1. The number of piperidine rings is 1. The van der Waals surface area contributed by atoms with Crippen molar-refractivity contribution in [3.63, 3.8) is 0 Å². The van der Waals surface area contributed by atoms with Crippen LogP contribution < -0.4 is 11.1 Å². The monoisotopic (exact) mass is 289 g/mol. The van der Waals surface area contributed by atoms with E-state index in [4.69, 9.17) is 5.73 Å². The van der Waals surface area contributed by atoms with Gasteiger partial charge in [0.05, 0.1) is 0 Å². The van der Waals surface area contributed by atoms with Crippen molar-refractivity contribution >= 4 is 17.5 Å². The highest BCUT2D eigenvalue weighted by Gasteiger charge is 2.23. The van der Waals surface area contributed by atoms with Gasteiger partial charge in [0.15, 0.2) is 0 Å². The second-order valence-corrected chi connectivity index (χ2v) is 5.63. The molecule has 2 amide bonds. The lowest BCUT2D eigenvalue weighted by Crippen LogP contribution is -2.39. The summed E-state index contributed by atoms with van der Waals surface area (Å²) in [6.45, 7) is 4.38. The smallest absolute Gasteiger partial charge is 0.225 e. The Bertz CT molecular complexity index is 508. The average Bonchev–Trinajstić information content (AvgIpc) is 2.48. The number of hydrogen-bond donors (Lipinski definition) is 2. The van der Waals surface area contributed by atoms with E-state index in [0.717, 1.165) is 43.7 Å². The van der Waals surface area contributed by atoms with Gasteiger partial charge in [-0.25, -0.2) is 0 Å². The third kappa shape index (κ3) is 4.56. The molecule has 1 saturated heterocycles. The number of benzene rings is 1. The Morgan fingerprint density at radius 3 is 2.57 bits per heavy atom. The fraction of sp³-hybridized carbons (Fsp3) is 0.500. The average molecular weight is 289 g/mol. The number of rotatable bonds is 5. The molecule has 0 aromatic heterocycles. The summed E-state index contributed by atoms with van der Waals surface area (Å²) in [4.78, 5) is 25.3. The molecule has 1 aliphatic heterocycles. The number of carbonyl (C=O) groups is 2. The van der Waals surface area contributed by atoms with Crippen molar-refractivity contribution in [2.24, 2.45) is 11.7 Å². The summed E-state index contributed by atoms with van der Waals surface area (Å²) in [5.74, 6) is -0.171. The molecular formula is C16H23N3O2. The van der Waals surface area contributed by atoms with E-state index in [2.05, 4.69) is 10.2 Å². The molecule has 3 N–H and O–H groups in total. The van der Waals surface area contributed by atoms with Crippen molar-refractivity contribution in [1.82, 2.24) is 4.90 Å². The lowest BCUT2D eigenvalue weighted by atomic mass is 9.96. The van der Waals surface area contributed by atoms with E-state index < -0.39 is 0 Å². The number of hydrogen-bond acceptors (Lipinski definition) is 3. The van der Waals surface area contributed by atoms with E-state index in [9.17, 15) is 9.59 Å². The van der Waals surface area contributed by atoms with Crippen LogP contribution >= 0.6 is 0 Å². The van der Waals surface area contributed by atoms with Gasteiger partial charge in [-0.1, -0.05) is 18.2 Å². The normalized spacial score (nSPS) is 16.6. The van der Waals surface area contributed by atoms with Crippen molar-refractivity contribution in [2.75, 3.05) is 25.0 Å². The minimum Gasteiger partial charge on any atom is -0.369 e. The Morgan fingerprint density at radius 2 is 1.95 bits per heavy atom. The first-order valence-corrected chi connectivity index (χ1v) is 7.43. The van der Waals surface area contributed by atoms with E-state index in [1.54, 1.807) is 0 Å². The van der Waals surface area contributed by atoms with Gasteiger partial charge in [-0.2, -0.15) is 0 Å². The largest absolute Gasteiger partial charge is 0.369 e. The molecule has 0 spiro atoms. The zero-order valence-corrected chi connectivity index (χ0v) is 12.5. The quantitative estimate of drug-likeness (QED) is 0.863. The van der Waals surface area contributed by atoms with Crippen LogP contribution in [0, 0.1) is 12.8 Å². The zero-order chi connectivity index (χ0) is 15.2. The first-order valence-electron chi connectivity index (χ1n) is 7.43. The highest BCUT2D eigenvalue weighted by Crippen LogP contribution is 2.17. The summed E-state index contributed by atoms with van der Waals surface area (Å²) < 4.78 is 0. The Kier molecular flexibility index (Phi) is 5.33. The van der Waals surface area contributed by atoms with Crippen LogP contribution in [-0.2, 0) is 9.59 Å². The number of para-hydroxylation sites is 1. The summed E-state index contributed by atoms with van der Waals surface area (Å²) in [6, 6.07) is 7.75. The molecule has 1 aromatic carbocycles. The van der Waals surface area contributed by atoms with Crippen molar-refractivity contribution in [1.29, 1.82) is 0 Å². The van der Waals surface area contributed by atoms with Crippen LogP contribution in [0.1, 0.15) is 24.8 Å². The summed E-state index contributed by atoms with van der Waals surface area (Å²) in [5, 5.41) is 2.94. The number of likely N-dealkylation sites (tertiary alicyclic amines) is 1. The molecule has 2 rings (SSSR count). The molecule has 21 heavy (non-hydrogen) atoms. The molecule has 1 heterocycles. The van der Waals surface area contributed by atoms with Gasteiger partial charge >= 0.3 is 0 Å². The van der Waals surface area contributed by atoms with E-state index in [0.29, 0.717) is 6.42 Å². The maximum atomic E-state index is 12.0. The van der Waals surface area contributed by atoms with Crippen molar-refractivity contribution in [3.8, 4) is 0 Å². The van der Waals surface area contributed by atoms with Crippen LogP contribution in [0.5, 0.6) is 0 Å². The second-order valence-electron chi connectivity index (χ2n) is 5.63. The Hall–Kier alpha value is -1.88. The summed E-state index contributed by atoms with van der Waals surface area (Å²) >= 11 is 0. The Balaban J connectivity index is 1.73. The number of anilines is 1. The fourth-order valence-corrected chi connectivity index (χ4v) is 2.63. The molecule has 1 aliphatic rings. The molecule has 1 aromatic rings. The van der Waals surface area contributed by atoms with Gasteiger partial charge in [0, 0.05) is 24.6 Å². The minimum atomic E-state index is -0.202. The molecule has 0 bridgehead atoms. The Morgan fingerprint density at radius 1 is 1.29 bits per heavy atom. The highest BCUT2D eigenvalue weighted by atomic mass is 16.2. The van der Waals surface area contributed by atoms with Gasteiger partial charge < -0.3 is 16.0 Å². The van der Waals surface area contributed by atoms with Crippen molar-refractivity contribution in [3.05, 3.63) is 29.8 Å². The van der Waals surface area contributed by atoms with E-state index in [1.165, 1.54) is 0 Å². The minimum absolute atomic E-state index is 0.00189. The molecule has 5 nitrogen and oxygen atoms in total. The van der Waals surface area contributed by atoms with Gasteiger partial charge in [-0.15, -0.1) is 0 Å². The summed E-state index contributed by atoms with van der Waals surface area (Å²) in [7, 11) is 0. The van der Waals surface area contributed by atoms with Crippen LogP contribution in [0.3, 0.4) is 0 Å². The SMILES string of the molecule is Cc1ccccc1NC(=O)CCN1CCC(C(N)=O)CC1. The molecule has 0 atom stereocenters. The third-order valence-electron chi connectivity index (χ3n) is 4.06. The number of aryl methyl sites for hydroxylation is 1. The number of nitrogens with one attached hydrogen (secondary N) is 1. The van der Waals surface area contributed by atoms with E-state index in [-0.39, 0.29) is 17.7 Å². The molecule has 0 radical (unpaired) electrons. The van der Waals surface area contributed by atoms with Crippen LogP contribution in [0.4, 0.5) is 5.69 Å². The second kappa shape index (κ2) is 7.22. The summed E-state index contributed by atoms with van der Waals surface area (Å²) in [6.07, 6.45) is 2.07. The first-order chi connectivity index (χ1) is 10.1. The Labute approximate surface area is 125 Å². The van der Waals surface area contributed by atoms with Crippen LogP contribution in [0.25, 0.3) is 0 Å². The molecule has 0 saturated carbocycles. The molecule has 0 unspecified atom stereocenters. The van der Waals surface area contributed by atoms with Crippen molar-refractivity contribution in [2.45, 2.75) is 26.2 Å². The molecule has 1 fully saturated rings. The number of nitrogens with zero attached hydrogens (tertiary/aromatic N) is 1. The third-order valence-corrected chi connectivity index (χ3v) is 4.06. The maximum absolute atomic E-state index is 12.0. The predicted molar refractivity (Wildman–Crippen MR) is 82.8 cm³/mol. The zero-order valence-electron chi connectivity index (χ0n) is 12.5. The standard InChI is InChI=1S/C16H23N3O2/c1-12-4-2-3-5-14(12)18-15(20)8-11-19-9-6-13(7-10-19)16(17)21/h2-5,13H,6-11H2,1H3,(H2,17,21)(H,18,20). The van der Waals surface area contributed by atoms with E-state index >= 15 is 0 Å². The van der Waals surface area contributed by atoms with Gasteiger partial charge in [-0.05, 0) is 44.5 Å². The number of amides is 2. The molecule has 0 aliphatic carbocycles. The van der Waals surface area contributed by atoms with Gasteiger partial charge in [0.1, 0.15) is 0 Å². The predicted octanol–water partition coefficient (Wildman–Crippen LogP) is 1.52. The van der Waals surface area contributed by atoms with Crippen molar-refractivity contribution < 1.29 is 9.59 Å². The van der Waals surface area contributed by atoms with Crippen LogP contribution in [-0.4, -0.2) is 36.3 Å². The van der Waals surface area contributed by atoms with Crippen LogP contribution in [0.2, 0.25) is 0 Å². The topological polar surface area (TPSA) is 75.4 Å². The number of carbonyl (C=O) groups excluding carboxylic acids is 2. The lowest BCUT2D eigenvalue weighted by Gasteiger charge is -2.30. The van der Waals surface area contributed by atoms with Gasteiger partial charge in [0.2, 0.25) is 11.8 Å². The maximum Gasteiger partial charge on any atom is 0.225 e. The fourth-order valence-electron chi connectivity index (χ4n) is 2.63. The first kappa shape index (κ1) is 15.5. The highest BCUT2D eigenvalue weighted by molar-refractivity contribution is 5.91. The molecule has 114 valence electrons.